The summed E-state index contributed by atoms with van der Waals surface area (Å²) < 4.78 is 8.54. The minimum absolute atomic E-state index is 0.155. The van der Waals surface area contributed by atoms with E-state index in [9.17, 15) is 4.79 Å². The van der Waals surface area contributed by atoms with Crippen LogP contribution in [0.3, 0.4) is 0 Å². The fraction of sp³-hybridized carbons (Fsp3) is 0.269. The van der Waals surface area contributed by atoms with Crippen molar-refractivity contribution in [3.63, 3.8) is 0 Å². The van der Waals surface area contributed by atoms with Crippen LogP contribution in [0.1, 0.15) is 51.8 Å². The number of amides is 1. The van der Waals surface area contributed by atoms with Crippen LogP contribution in [-0.2, 0) is 6.54 Å². The van der Waals surface area contributed by atoms with E-state index in [1.165, 1.54) is 9.13 Å². The summed E-state index contributed by atoms with van der Waals surface area (Å²) in [5.74, 6) is 0.996. The Morgan fingerprint density at radius 3 is 2.61 bits per heavy atom. The number of nitrogens with one attached hydrogen (secondary N) is 1. The van der Waals surface area contributed by atoms with E-state index in [1.54, 1.807) is 7.11 Å². The highest BCUT2D eigenvalue weighted by Crippen LogP contribution is 2.40. The molecule has 1 fully saturated rings. The van der Waals surface area contributed by atoms with Gasteiger partial charge in [-0.05, 0) is 91.2 Å². The zero-order chi connectivity index (χ0) is 23.1. The largest absolute Gasteiger partial charge is 0.497 e. The molecule has 4 aromatic rings. The predicted octanol–water partition coefficient (Wildman–Crippen LogP) is 5.84. The van der Waals surface area contributed by atoms with Gasteiger partial charge in [0.1, 0.15) is 5.75 Å². The Kier molecular flexibility index (Phi) is 5.82. The van der Waals surface area contributed by atoms with Crippen molar-refractivity contribution in [3.05, 3.63) is 80.3 Å². The third-order valence-corrected chi connectivity index (χ3v) is 6.86. The molecule has 168 valence electrons. The lowest BCUT2D eigenvalue weighted by Gasteiger charge is -2.12. The number of pyridine rings is 1. The Balaban J connectivity index is 1.48. The third kappa shape index (κ3) is 4.46. The highest BCUT2D eigenvalue weighted by atomic mass is 127. The van der Waals surface area contributed by atoms with Gasteiger partial charge in [0.25, 0.3) is 5.91 Å². The Hall–Kier alpha value is -2.94. The maximum Gasteiger partial charge on any atom is 0.256 e. The molecular weight excluding hydrogens is 527 g/mol. The van der Waals surface area contributed by atoms with E-state index in [0.29, 0.717) is 23.8 Å². The number of fused-ring (bicyclic) bond motifs is 1. The molecule has 6 nitrogen and oxygen atoms in total. The second-order valence-corrected chi connectivity index (χ2v) is 9.78. The maximum absolute atomic E-state index is 13.5. The number of halogens is 1. The molecule has 1 amide bonds. The quantitative estimate of drug-likeness (QED) is 0.306. The SMILES string of the molecule is COc1ccc2nc(C3CC3)cc(C(=O)Nc3c(C)nn(Cc4ccc(I)cc4)c3C)c2c1. The molecule has 0 radical (unpaired) electrons. The van der Waals surface area contributed by atoms with Gasteiger partial charge in [-0.3, -0.25) is 14.5 Å². The van der Waals surface area contributed by atoms with Crippen LogP contribution in [0.2, 0.25) is 0 Å². The number of carbonyl (C=O) groups is 1. The van der Waals surface area contributed by atoms with Gasteiger partial charge in [-0.25, -0.2) is 0 Å². The summed E-state index contributed by atoms with van der Waals surface area (Å²) in [5.41, 5.74) is 6.06. The molecule has 7 heteroatoms. The number of nitrogens with zero attached hydrogens (tertiary/aromatic N) is 3. The lowest BCUT2D eigenvalue weighted by Crippen LogP contribution is -2.15. The van der Waals surface area contributed by atoms with Crippen LogP contribution in [0.25, 0.3) is 10.9 Å². The number of anilines is 1. The Morgan fingerprint density at radius 2 is 1.91 bits per heavy atom. The van der Waals surface area contributed by atoms with E-state index >= 15 is 0 Å². The summed E-state index contributed by atoms with van der Waals surface area (Å²) in [7, 11) is 1.63. The minimum Gasteiger partial charge on any atom is -0.497 e. The molecule has 2 aromatic carbocycles. The average Bonchev–Trinajstić information content (AvgIpc) is 3.63. The van der Waals surface area contributed by atoms with Crippen LogP contribution >= 0.6 is 22.6 Å². The van der Waals surface area contributed by atoms with Gasteiger partial charge in [-0.1, -0.05) is 12.1 Å². The first-order chi connectivity index (χ1) is 15.9. The third-order valence-electron chi connectivity index (χ3n) is 6.14. The van der Waals surface area contributed by atoms with Crippen LogP contribution < -0.4 is 10.1 Å². The maximum atomic E-state index is 13.5. The van der Waals surface area contributed by atoms with Crippen LogP contribution in [0.5, 0.6) is 5.75 Å². The number of ether oxygens (including phenoxy) is 1. The van der Waals surface area contributed by atoms with E-state index in [1.807, 2.05) is 42.8 Å². The first-order valence-electron chi connectivity index (χ1n) is 11.0. The Labute approximate surface area is 206 Å². The number of hydrogen-bond acceptors (Lipinski definition) is 4. The molecule has 33 heavy (non-hydrogen) atoms. The van der Waals surface area contributed by atoms with E-state index in [4.69, 9.17) is 9.72 Å². The highest BCUT2D eigenvalue weighted by Gasteiger charge is 2.27. The zero-order valence-electron chi connectivity index (χ0n) is 18.9. The number of rotatable bonds is 6. The zero-order valence-corrected chi connectivity index (χ0v) is 21.0. The van der Waals surface area contributed by atoms with Gasteiger partial charge in [0.15, 0.2) is 0 Å². The first-order valence-corrected chi connectivity index (χ1v) is 12.1. The molecule has 1 aliphatic rings. The van der Waals surface area contributed by atoms with Crippen molar-refractivity contribution in [3.8, 4) is 5.75 Å². The van der Waals surface area contributed by atoms with Crippen molar-refractivity contribution in [1.29, 1.82) is 0 Å². The molecule has 1 aliphatic carbocycles. The van der Waals surface area contributed by atoms with Gasteiger partial charge < -0.3 is 10.1 Å². The second kappa shape index (κ2) is 8.78. The molecule has 2 heterocycles. The number of aryl methyl sites for hydroxylation is 1. The predicted molar refractivity (Wildman–Crippen MR) is 138 cm³/mol. The summed E-state index contributed by atoms with van der Waals surface area (Å²) in [6, 6.07) is 16.0. The van der Waals surface area contributed by atoms with Gasteiger partial charge >= 0.3 is 0 Å². The Morgan fingerprint density at radius 1 is 1.15 bits per heavy atom. The molecule has 0 bridgehead atoms. The van der Waals surface area contributed by atoms with Crippen molar-refractivity contribution in [2.75, 3.05) is 12.4 Å². The number of aromatic nitrogens is 3. The van der Waals surface area contributed by atoms with Gasteiger partial charge in [-0.2, -0.15) is 5.10 Å². The molecule has 0 spiro atoms. The summed E-state index contributed by atoms with van der Waals surface area (Å²) in [5, 5.41) is 8.61. The number of carbonyl (C=O) groups excluding carboxylic acids is 1. The summed E-state index contributed by atoms with van der Waals surface area (Å²) >= 11 is 2.30. The molecule has 2 aromatic heterocycles. The molecule has 0 unspecified atom stereocenters. The summed E-state index contributed by atoms with van der Waals surface area (Å²) in [6.07, 6.45) is 2.25. The normalized spacial score (nSPS) is 13.3. The molecule has 0 aliphatic heterocycles. The van der Waals surface area contributed by atoms with E-state index in [2.05, 4.69) is 57.3 Å². The Bertz CT molecular complexity index is 1360. The standard InChI is InChI=1S/C26H25IN4O2/c1-15-25(16(2)31(30-15)14-17-4-8-19(27)9-5-17)29-26(32)22-13-24(18-6-7-18)28-23-11-10-20(33-3)12-21(22)23/h4-5,8-13,18H,6-7,14H2,1-3H3,(H,29,32). The van der Waals surface area contributed by atoms with Gasteiger partial charge in [0.2, 0.25) is 0 Å². The lowest BCUT2D eigenvalue weighted by molar-refractivity contribution is 0.102. The van der Waals surface area contributed by atoms with E-state index in [0.717, 1.165) is 46.5 Å². The molecule has 5 rings (SSSR count). The van der Waals surface area contributed by atoms with Crippen LogP contribution in [-0.4, -0.2) is 27.8 Å². The topological polar surface area (TPSA) is 69.0 Å². The summed E-state index contributed by atoms with van der Waals surface area (Å²) in [4.78, 5) is 18.3. The van der Waals surface area contributed by atoms with Gasteiger partial charge in [0, 0.05) is 20.6 Å². The lowest BCUT2D eigenvalue weighted by atomic mass is 10.0. The monoisotopic (exact) mass is 552 g/mol. The highest BCUT2D eigenvalue weighted by molar-refractivity contribution is 14.1. The molecular formula is C26H25IN4O2. The molecule has 1 saturated carbocycles. The van der Waals surface area contributed by atoms with Crippen molar-refractivity contribution in [1.82, 2.24) is 14.8 Å². The molecule has 0 saturated heterocycles. The van der Waals surface area contributed by atoms with Gasteiger partial charge in [-0.15, -0.1) is 0 Å². The number of hydrogen-bond donors (Lipinski definition) is 1. The molecule has 0 atom stereocenters. The van der Waals surface area contributed by atoms with Crippen molar-refractivity contribution >= 4 is 45.1 Å². The van der Waals surface area contributed by atoms with Crippen LogP contribution in [0, 0.1) is 17.4 Å². The van der Waals surface area contributed by atoms with Crippen LogP contribution in [0.4, 0.5) is 5.69 Å². The smallest absolute Gasteiger partial charge is 0.256 e. The fourth-order valence-electron chi connectivity index (χ4n) is 4.10. The average molecular weight is 552 g/mol. The fourth-order valence-corrected chi connectivity index (χ4v) is 4.46. The minimum atomic E-state index is -0.155. The van der Waals surface area contributed by atoms with Crippen LogP contribution in [0.15, 0.2) is 48.5 Å². The van der Waals surface area contributed by atoms with Crippen molar-refractivity contribution < 1.29 is 9.53 Å². The van der Waals surface area contributed by atoms with E-state index in [-0.39, 0.29) is 5.91 Å². The van der Waals surface area contributed by atoms with Gasteiger partial charge in [0.05, 0.1) is 41.8 Å². The second-order valence-electron chi connectivity index (χ2n) is 8.54. The van der Waals surface area contributed by atoms with Crippen molar-refractivity contribution in [2.24, 2.45) is 0 Å². The summed E-state index contributed by atoms with van der Waals surface area (Å²) in [6.45, 7) is 4.57. The van der Waals surface area contributed by atoms with E-state index < -0.39 is 0 Å². The number of benzene rings is 2. The number of methoxy groups -OCH3 is 1. The first kappa shape index (κ1) is 21.9. The molecule has 1 N–H and O–H groups in total. The van der Waals surface area contributed by atoms with Crippen molar-refractivity contribution in [2.45, 2.75) is 39.2 Å².